The van der Waals surface area contributed by atoms with Gasteiger partial charge in [0.15, 0.2) is 0 Å². The molecule has 1 saturated heterocycles. The predicted molar refractivity (Wildman–Crippen MR) is 137 cm³/mol. The van der Waals surface area contributed by atoms with E-state index >= 15 is 0 Å². The molecule has 33 heavy (non-hydrogen) atoms. The first-order chi connectivity index (χ1) is 15.7. The molecule has 5 N–H and O–H groups in total. The maximum absolute atomic E-state index is 11.1. The van der Waals surface area contributed by atoms with Crippen molar-refractivity contribution in [1.82, 2.24) is 14.9 Å². The highest BCUT2D eigenvalue weighted by Crippen LogP contribution is 2.35. The Bertz CT molecular complexity index is 887. The summed E-state index contributed by atoms with van der Waals surface area (Å²) >= 11 is 1.74. The van der Waals surface area contributed by atoms with Gasteiger partial charge in [-0.15, -0.1) is 11.3 Å². The van der Waals surface area contributed by atoms with Crippen LogP contribution in [0.2, 0.25) is 6.82 Å². The number of aromatic nitrogens is 1. The van der Waals surface area contributed by atoms with Crippen molar-refractivity contribution < 1.29 is 14.7 Å². The summed E-state index contributed by atoms with van der Waals surface area (Å²) in [4.78, 5) is 28.7. The number of aldehydes is 1. The smallest absolute Gasteiger partial charge is 0.208 e. The minimum Gasteiger partial charge on any atom is -0.395 e. The maximum Gasteiger partial charge on any atom is 0.208 e. The van der Waals surface area contributed by atoms with Gasteiger partial charge in [0.1, 0.15) is 23.0 Å². The Hall–Kier alpha value is -2.27. The van der Waals surface area contributed by atoms with Crippen LogP contribution in [-0.2, 0) is 9.59 Å². The number of aliphatic hydroxyl groups is 1. The van der Waals surface area contributed by atoms with E-state index in [4.69, 9.17) is 11.6 Å². The lowest BCUT2D eigenvalue weighted by Gasteiger charge is -2.24. The lowest BCUT2D eigenvalue weighted by molar-refractivity contribution is -0.113. The number of aliphatic hydroxyl groups excluding tert-OH is 1. The molecule has 0 aliphatic carbocycles. The Morgan fingerprint density at radius 2 is 2.00 bits per heavy atom. The van der Waals surface area contributed by atoms with Crippen LogP contribution in [0.15, 0.2) is 36.2 Å². The first kappa shape index (κ1) is 28.8. The van der Waals surface area contributed by atoms with Crippen molar-refractivity contribution in [2.45, 2.75) is 59.1 Å². The van der Waals surface area contributed by atoms with Crippen LogP contribution < -0.4 is 11.6 Å². The standard InChI is InChI=1S/C12H14N2OS.C9H17BN3O2.C2H6/c1-14-7-8(15)6-10(14)12-13-9-4-2-3-5-11(9)16-12;1-6(2)8(5-14)13(12)4-7(11)9(15)10-3;1-2/h2-5,8,10,15H,6-7H2,1H3;4-6,8H,11-12H2,1-3H3;1-2H3/b;7-4-;. The third-order valence-electron chi connectivity index (χ3n) is 5.12. The van der Waals surface area contributed by atoms with Crippen molar-refractivity contribution in [2.75, 3.05) is 13.6 Å². The molecule has 8 nitrogen and oxygen atoms in total. The number of carbonyl (C=O) groups is 2. The molecule has 0 saturated carbocycles. The Morgan fingerprint density at radius 1 is 1.36 bits per heavy atom. The van der Waals surface area contributed by atoms with Gasteiger partial charge in [0.25, 0.3) is 0 Å². The number of carbonyl (C=O) groups excluding carboxylic acids is 2. The Balaban J connectivity index is 0.000000308. The summed E-state index contributed by atoms with van der Waals surface area (Å²) in [5.74, 6) is 5.66. The molecule has 3 atom stereocenters. The van der Waals surface area contributed by atoms with Crippen molar-refractivity contribution >= 4 is 40.8 Å². The second-order valence-electron chi connectivity index (χ2n) is 7.92. The molecule has 10 heteroatoms. The van der Waals surface area contributed by atoms with Crippen LogP contribution in [0, 0.1) is 5.92 Å². The van der Waals surface area contributed by atoms with E-state index in [0.717, 1.165) is 34.8 Å². The molecule has 2 heterocycles. The van der Waals surface area contributed by atoms with Crippen LogP contribution in [0.4, 0.5) is 0 Å². The molecule has 181 valence electrons. The Kier molecular flexibility index (Phi) is 12.3. The van der Waals surface area contributed by atoms with Crippen LogP contribution in [0.25, 0.3) is 10.2 Å². The highest BCUT2D eigenvalue weighted by Gasteiger charge is 2.31. The molecule has 0 amide bonds. The topological polar surface area (TPSA) is 126 Å². The molecule has 0 spiro atoms. The second-order valence-corrected chi connectivity index (χ2v) is 8.98. The normalized spacial score (nSPS) is 19.2. The number of nitrogens with two attached hydrogens (primary N) is 2. The quantitative estimate of drug-likeness (QED) is 0.184. The zero-order valence-electron chi connectivity index (χ0n) is 20.4. The van der Waals surface area contributed by atoms with Gasteiger partial charge in [0.2, 0.25) is 7.28 Å². The second kappa shape index (κ2) is 14.1. The van der Waals surface area contributed by atoms with Gasteiger partial charge in [-0.3, -0.25) is 4.90 Å². The van der Waals surface area contributed by atoms with E-state index in [1.807, 2.05) is 52.9 Å². The van der Waals surface area contributed by atoms with E-state index in [0.29, 0.717) is 0 Å². The van der Waals surface area contributed by atoms with Gasteiger partial charge >= 0.3 is 0 Å². The van der Waals surface area contributed by atoms with Crippen molar-refractivity contribution in [3.05, 3.63) is 41.2 Å². The van der Waals surface area contributed by atoms with Gasteiger partial charge in [0.05, 0.1) is 28.1 Å². The third kappa shape index (κ3) is 8.22. The zero-order valence-corrected chi connectivity index (χ0v) is 21.2. The average molecular weight is 474 g/mol. The molecule has 1 aliphatic rings. The van der Waals surface area contributed by atoms with Gasteiger partial charge in [-0.05, 0) is 31.5 Å². The predicted octanol–water partition coefficient (Wildman–Crippen LogP) is 2.52. The number of allylic oxidation sites excluding steroid dienone is 1. The first-order valence-electron chi connectivity index (χ1n) is 11.2. The van der Waals surface area contributed by atoms with E-state index in [2.05, 4.69) is 16.0 Å². The maximum atomic E-state index is 11.1. The fourth-order valence-electron chi connectivity index (χ4n) is 3.34. The number of hydrazine groups is 1. The molecule has 2 aromatic rings. The van der Waals surface area contributed by atoms with Gasteiger partial charge in [-0.25, -0.2) is 10.8 Å². The number of β-amino-alcohol motifs (C(OH)–C–C–N with tert-alkyl or cyclic N) is 1. The number of likely N-dealkylation sites (tertiary alicyclic amines) is 1. The van der Waals surface area contributed by atoms with E-state index in [1.54, 1.807) is 18.2 Å². The molecule has 1 aromatic carbocycles. The van der Waals surface area contributed by atoms with Gasteiger partial charge in [-0.1, -0.05) is 46.7 Å². The zero-order chi connectivity index (χ0) is 25.1. The molecule has 1 fully saturated rings. The van der Waals surface area contributed by atoms with Gasteiger partial charge in [-0.2, -0.15) is 0 Å². The number of hydrogen-bond donors (Lipinski definition) is 3. The highest BCUT2D eigenvalue weighted by molar-refractivity contribution is 7.18. The van der Waals surface area contributed by atoms with Crippen molar-refractivity contribution in [2.24, 2.45) is 17.5 Å². The fraction of sp³-hybridized carbons (Fsp3) is 0.522. The van der Waals surface area contributed by atoms with Gasteiger partial charge < -0.3 is 25.4 Å². The SMILES string of the molecule is CC.CN1CC(O)CC1c1nc2ccccc2s1.C[B]C(=O)/C(N)=C/N(N)C(C=O)C(C)C. The number of hydrogen-bond acceptors (Lipinski definition) is 9. The first-order valence-corrected chi connectivity index (χ1v) is 12.0. The molecule has 0 bridgehead atoms. The van der Waals surface area contributed by atoms with Crippen LogP contribution >= 0.6 is 11.3 Å². The molecule has 3 rings (SSSR count). The minimum absolute atomic E-state index is 0.0208. The summed E-state index contributed by atoms with van der Waals surface area (Å²) < 4.78 is 1.23. The molecular formula is C23H37BN5O3S. The molecule has 3 unspecified atom stereocenters. The lowest BCUT2D eigenvalue weighted by Crippen LogP contribution is -2.42. The largest absolute Gasteiger partial charge is 0.395 e. The van der Waals surface area contributed by atoms with Crippen LogP contribution in [0.3, 0.4) is 0 Å². The van der Waals surface area contributed by atoms with E-state index in [-0.39, 0.29) is 29.4 Å². The summed E-state index contributed by atoms with van der Waals surface area (Å²) in [6, 6.07) is 8.00. The van der Waals surface area contributed by atoms with Crippen molar-refractivity contribution in [3.8, 4) is 0 Å². The van der Waals surface area contributed by atoms with E-state index in [1.165, 1.54) is 18.2 Å². The highest BCUT2D eigenvalue weighted by atomic mass is 32.1. The van der Waals surface area contributed by atoms with E-state index in [9.17, 15) is 14.7 Å². The van der Waals surface area contributed by atoms with Crippen LogP contribution in [0.5, 0.6) is 0 Å². The van der Waals surface area contributed by atoms with E-state index < -0.39 is 6.04 Å². The molecule has 1 aromatic heterocycles. The minimum atomic E-state index is -0.479. The summed E-state index contributed by atoms with van der Waals surface area (Å²) in [6.45, 7) is 10.1. The van der Waals surface area contributed by atoms with Crippen LogP contribution in [0.1, 0.15) is 45.2 Å². The third-order valence-corrected chi connectivity index (χ3v) is 6.26. The van der Waals surface area contributed by atoms with Crippen molar-refractivity contribution in [3.63, 3.8) is 0 Å². The number of nitrogens with zero attached hydrogens (tertiary/aromatic N) is 3. The number of para-hydroxylation sites is 1. The molecular weight excluding hydrogens is 437 g/mol. The number of likely N-dealkylation sites (N-methyl/N-ethyl adjacent to an activating group) is 1. The number of benzene rings is 1. The Labute approximate surface area is 201 Å². The lowest BCUT2D eigenvalue weighted by atomic mass is 9.75. The Morgan fingerprint density at radius 3 is 2.48 bits per heavy atom. The summed E-state index contributed by atoms with van der Waals surface area (Å²) in [5.41, 5.74) is 6.25. The average Bonchev–Trinajstić information content (AvgIpc) is 3.37. The van der Waals surface area contributed by atoms with Crippen molar-refractivity contribution in [1.29, 1.82) is 0 Å². The molecule has 1 aliphatic heterocycles. The number of rotatable bonds is 7. The monoisotopic (exact) mass is 474 g/mol. The summed E-state index contributed by atoms with van der Waals surface area (Å²) in [6.07, 6.45) is 2.61. The van der Waals surface area contributed by atoms with Crippen LogP contribution in [-0.4, -0.2) is 65.0 Å². The number of thiazole rings is 1. The van der Waals surface area contributed by atoms with Gasteiger partial charge in [0, 0.05) is 12.7 Å². The molecule has 1 radical (unpaired) electrons. The fourth-order valence-corrected chi connectivity index (χ4v) is 4.49. The summed E-state index contributed by atoms with van der Waals surface area (Å²) in [5, 5.41) is 11.9. The summed E-state index contributed by atoms with van der Waals surface area (Å²) in [7, 11) is 3.39. The number of fused-ring (bicyclic) bond motifs is 1.